The molecule has 0 aromatic heterocycles. The van der Waals surface area contributed by atoms with Gasteiger partial charge >= 0.3 is 0 Å². The molecule has 0 radical (unpaired) electrons. The van der Waals surface area contributed by atoms with Gasteiger partial charge in [-0.3, -0.25) is 9.59 Å². The maximum Gasteiger partial charge on any atom is 0.254 e. The van der Waals surface area contributed by atoms with Crippen molar-refractivity contribution >= 4 is 11.8 Å². The minimum absolute atomic E-state index is 0.104. The minimum atomic E-state index is -0.509. The Balaban J connectivity index is 1.34. The molecule has 2 aliphatic heterocycles. The van der Waals surface area contributed by atoms with Crippen LogP contribution in [0.25, 0.3) is 0 Å². The summed E-state index contributed by atoms with van der Waals surface area (Å²) >= 11 is 0. The Hall–Kier alpha value is -4.02. The first kappa shape index (κ1) is 22.8. The van der Waals surface area contributed by atoms with Crippen molar-refractivity contribution in [2.24, 2.45) is 0 Å². The number of piperazine rings is 1. The van der Waals surface area contributed by atoms with Gasteiger partial charge in [-0.1, -0.05) is 30.0 Å². The van der Waals surface area contributed by atoms with Crippen LogP contribution in [-0.2, 0) is 4.79 Å². The third-order valence-corrected chi connectivity index (χ3v) is 6.60. The summed E-state index contributed by atoms with van der Waals surface area (Å²) in [7, 11) is 0. The number of carbonyl (C=O) groups is 2. The average Bonchev–Trinajstić information content (AvgIpc) is 2.85. The lowest BCUT2D eigenvalue weighted by Gasteiger charge is -2.58. The van der Waals surface area contributed by atoms with Crippen LogP contribution in [0.1, 0.15) is 33.0 Å². The van der Waals surface area contributed by atoms with Gasteiger partial charge in [0.2, 0.25) is 5.91 Å². The lowest BCUT2D eigenvalue weighted by atomic mass is 9.73. The maximum absolute atomic E-state index is 13.6. The summed E-state index contributed by atoms with van der Waals surface area (Å²) in [6.45, 7) is 0.0121. The van der Waals surface area contributed by atoms with Crippen molar-refractivity contribution in [1.29, 1.82) is 0 Å². The number of nitrogens with zero attached hydrogens (tertiary/aromatic N) is 2. The molecule has 7 heteroatoms. The summed E-state index contributed by atoms with van der Waals surface area (Å²) in [6, 6.07) is 18.3. The first-order valence-electron chi connectivity index (χ1n) is 11.3. The van der Waals surface area contributed by atoms with E-state index < -0.39 is 11.7 Å². The topological polar surface area (TPSA) is 60.9 Å². The second-order valence-electron chi connectivity index (χ2n) is 8.72. The van der Waals surface area contributed by atoms with Gasteiger partial charge in [-0.15, -0.1) is 0 Å². The predicted octanol–water partition coefficient (Wildman–Crippen LogP) is 3.18. The normalized spacial score (nSPS) is 21.0. The Kier molecular flexibility index (Phi) is 6.06. The van der Waals surface area contributed by atoms with E-state index in [1.54, 1.807) is 17.0 Å². The molecule has 0 spiro atoms. The van der Waals surface area contributed by atoms with Crippen LogP contribution >= 0.6 is 0 Å². The van der Waals surface area contributed by atoms with Crippen molar-refractivity contribution in [2.75, 3.05) is 19.7 Å². The standard InChI is InChI=1S/C28H22F2N2O3/c29-22-12-8-19(9-13-22)5-4-18-6-10-20(11-7-18)27-24-15-31(16-26(34)32(24)25(27)17-33)28(35)21-2-1-3-23(30)14-21/h1-3,6-14,24-25,27,33H,15-17H2/t24-,25-,27+/m0/s1. The molecule has 3 aromatic rings. The van der Waals surface area contributed by atoms with Crippen molar-refractivity contribution < 1.29 is 23.5 Å². The number of aliphatic hydroxyl groups excluding tert-OH is 1. The number of amides is 2. The molecule has 0 aliphatic carbocycles. The number of carbonyl (C=O) groups excluding carboxylic acids is 2. The zero-order chi connectivity index (χ0) is 24.5. The SMILES string of the molecule is O=C(c1cccc(F)c1)N1CC(=O)N2[C@@H](CO)[C@H](c3ccc(C#Cc4ccc(F)cc4)cc3)[C@@H]2C1. The molecule has 2 saturated heterocycles. The van der Waals surface area contributed by atoms with Gasteiger partial charge < -0.3 is 14.9 Å². The summed E-state index contributed by atoms with van der Waals surface area (Å²) in [5.74, 6) is 4.44. The molecule has 0 bridgehead atoms. The van der Waals surface area contributed by atoms with Crippen molar-refractivity contribution in [3.8, 4) is 11.8 Å². The molecule has 0 saturated carbocycles. The van der Waals surface area contributed by atoms with Crippen LogP contribution in [0.4, 0.5) is 8.78 Å². The summed E-state index contributed by atoms with van der Waals surface area (Å²) in [5.41, 5.74) is 2.61. The van der Waals surface area contributed by atoms with Crippen LogP contribution in [-0.4, -0.2) is 58.5 Å². The van der Waals surface area contributed by atoms with Crippen molar-refractivity contribution in [3.05, 3.63) is 107 Å². The fourth-order valence-corrected chi connectivity index (χ4v) is 4.92. The zero-order valence-electron chi connectivity index (χ0n) is 18.7. The van der Waals surface area contributed by atoms with Gasteiger partial charge in [0.05, 0.1) is 18.7 Å². The number of hydrogen-bond donors (Lipinski definition) is 1. The van der Waals surface area contributed by atoms with E-state index in [1.807, 2.05) is 24.3 Å². The Morgan fingerprint density at radius 1 is 0.943 bits per heavy atom. The molecular formula is C28H22F2N2O3. The highest BCUT2D eigenvalue weighted by Gasteiger charge is 2.54. The van der Waals surface area contributed by atoms with Gasteiger partial charge in [-0.2, -0.15) is 0 Å². The third-order valence-electron chi connectivity index (χ3n) is 6.60. The number of rotatable bonds is 3. The van der Waals surface area contributed by atoms with Crippen LogP contribution in [0.15, 0.2) is 72.8 Å². The first-order valence-corrected chi connectivity index (χ1v) is 11.3. The van der Waals surface area contributed by atoms with Gasteiger partial charge in [0.15, 0.2) is 0 Å². The molecule has 2 heterocycles. The predicted molar refractivity (Wildman–Crippen MR) is 125 cm³/mol. The highest BCUT2D eigenvalue weighted by Crippen LogP contribution is 2.43. The Morgan fingerprint density at radius 2 is 1.60 bits per heavy atom. The van der Waals surface area contributed by atoms with Crippen molar-refractivity contribution in [2.45, 2.75) is 18.0 Å². The van der Waals surface area contributed by atoms with Gasteiger partial charge in [0, 0.05) is 29.2 Å². The molecule has 2 aliphatic rings. The van der Waals surface area contributed by atoms with E-state index in [-0.39, 0.29) is 48.4 Å². The molecule has 1 N–H and O–H groups in total. The molecule has 3 aromatic carbocycles. The number of aliphatic hydroxyl groups is 1. The van der Waals surface area contributed by atoms with Gasteiger partial charge in [0.25, 0.3) is 5.91 Å². The molecule has 2 amide bonds. The summed E-state index contributed by atoms with van der Waals surface area (Å²) in [5, 5.41) is 9.98. The summed E-state index contributed by atoms with van der Waals surface area (Å²) < 4.78 is 26.7. The summed E-state index contributed by atoms with van der Waals surface area (Å²) in [6.07, 6.45) is 0. The van der Waals surface area contributed by atoms with Crippen LogP contribution in [0.2, 0.25) is 0 Å². The Bertz CT molecular complexity index is 1330. The fraction of sp³-hybridized carbons (Fsp3) is 0.214. The summed E-state index contributed by atoms with van der Waals surface area (Å²) in [4.78, 5) is 28.8. The van der Waals surface area contributed by atoms with E-state index in [4.69, 9.17) is 0 Å². The monoisotopic (exact) mass is 472 g/mol. The number of halogens is 2. The minimum Gasteiger partial charge on any atom is -0.394 e. The second kappa shape index (κ2) is 9.32. The molecule has 0 unspecified atom stereocenters. The molecule has 2 fully saturated rings. The lowest BCUT2D eigenvalue weighted by molar-refractivity contribution is -0.159. The molecule has 5 rings (SSSR count). The Morgan fingerprint density at radius 3 is 2.23 bits per heavy atom. The third kappa shape index (κ3) is 4.41. The van der Waals surface area contributed by atoms with Gasteiger partial charge in [-0.25, -0.2) is 8.78 Å². The number of benzene rings is 3. The van der Waals surface area contributed by atoms with Crippen LogP contribution in [0, 0.1) is 23.5 Å². The molecule has 5 nitrogen and oxygen atoms in total. The fourth-order valence-electron chi connectivity index (χ4n) is 4.92. The van der Waals surface area contributed by atoms with Crippen molar-refractivity contribution in [1.82, 2.24) is 9.80 Å². The van der Waals surface area contributed by atoms with Crippen molar-refractivity contribution in [3.63, 3.8) is 0 Å². The number of fused-ring (bicyclic) bond motifs is 1. The van der Waals surface area contributed by atoms with E-state index in [9.17, 15) is 23.5 Å². The smallest absolute Gasteiger partial charge is 0.254 e. The molecule has 35 heavy (non-hydrogen) atoms. The van der Waals surface area contributed by atoms with E-state index in [2.05, 4.69) is 11.8 Å². The second-order valence-corrected chi connectivity index (χ2v) is 8.72. The maximum atomic E-state index is 13.6. The highest BCUT2D eigenvalue weighted by molar-refractivity contribution is 5.97. The van der Waals surface area contributed by atoms with E-state index >= 15 is 0 Å². The first-order chi connectivity index (χ1) is 16.9. The van der Waals surface area contributed by atoms with E-state index in [0.717, 1.165) is 11.1 Å². The van der Waals surface area contributed by atoms with Gasteiger partial charge in [0.1, 0.15) is 18.2 Å². The molecular weight excluding hydrogens is 450 g/mol. The Labute approximate surface area is 201 Å². The average molecular weight is 472 g/mol. The van der Waals surface area contributed by atoms with Crippen LogP contribution in [0.3, 0.4) is 0 Å². The van der Waals surface area contributed by atoms with Gasteiger partial charge in [-0.05, 0) is 60.2 Å². The lowest BCUT2D eigenvalue weighted by Crippen LogP contribution is -2.73. The quantitative estimate of drug-likeness (QED) is 0.596. The largest absolute Gasteiger partial charge is 0.394 e. The van der Waals surface area contributed by atoms with Crippen LogP contribution < -0.4 is 0 Å². The molecule has 3 atom stereocenters. The van der Waals surface area contributed by atoms with E-state index in [1.165, 1.54) is 41.3 Å². The van der Waals surface area contributed by atoms with Crippen LogP contribution in [0.5, 0.6) is 0 Å². The number of hydrogen-bond acceptors (Lipinski definition) is 3. The highest BCUT2D eigenvalue weighted by atomic mass is 19.1. The zero-order valence-corrected chi connectivity index (χ0v) is 18.7. The molecule has 176 valence electrons. The van der Waals surface area contributed by atoms with E-state index in [0.29, 0.717) is 12.1 Å².